The molecule has 0 bridgehead atoms. The Bertz CT molecular complexity index is 648. The van der Waals surface area contributed by atoms with Crippen molar-refractivity contribution in [2.24, 2.45) is 0 Å². The van der Waals surface area contributed by atoms with Crippen LogP contribution in [0.25, 0.3) is 0 Å². The number of nitrogens with two attached hydrogens (primary N) is 1. The van der Waals surface area contributed by atoms with E-state index >= 15 is 0 Å². The predicted molar refractivity (Wildman–Crippen MR) is 84.1 cm³/mol. The molecule has 0 radical (unpaired) electrons. The van der Waals surface area contributed by atoms with Crippen LogP contribution in [-0.2, 0) is 26.2 Å². The molecular formula is C15H19BrN4. The number of rotatable bonds is 3. The predicted octanol–water partition coefficient (Wildman–Crippen LogP) is 3.07. The lowest BCUT2D eigenvalue weighted by Gasteiger charge is -2.16. The molecule has 2 aromatic rings. The summed E-state index contributed by atoms with van der Waals surface area (Å²) in [6.45, 7) is 7.91. The van der Waals surface area contributed by atoms with E-state index in [-0.39, 0.29) is 0 Å². The molecule has 1 aliphatic rings. The quantitative estimate of drug-likeness (QED) is 0.877. The molecule has 2 N–H and O–H groups in total. The molecule has 0 spiro atoms. The highest BCUT2D eigenvalue weighted by atomic mass is 79.9. The zero-order valence-electron chi connectivity index (χ0n) is 11.9. The highest BCUT2D eigenvalue weighted by molar-refractivity contribution is 9.10. The number of hydrogen-bond donors (Lipinski definition) is 1. The van der Waals surface area contributed by atoms with E-state index in [0.29, 0.717) is 0 Å². The highest BCUT2D eigenvalue weighted by Gasteiger charge is 2.22. The summed E-state index contributed by atoms with van der Waals surface area (Å²) in [4.78, 5) is 2.43. The minimum atomic E-state index is 0.848. The number of anilines is 1. The van der Waals surface area contributed by atoms with Crippen molar-refractivity contribution < 1.29 is 0 Å². The van der Waals surface area contributed by atoms with Crippen LogP contribution >= 0.6 is 15.9 Å². The average Bonchev–Trinajstić information content (AvgIpc) is 2.93. The minimum absolute atomic E-state index is 0.848. The van der Waals surface area contributed by atoms with Gasteiger partial charge in [-0.25, -0.2) is 0 Å². The van der Waals surface area contributed by atoms with Crippen molar-refractivity contribution in [1.82, 2.24) is 14.7 Å². The Hall–Kier alpha value is -1.33. The summed E-state index contributed by atoms with van der Waals surface area (Å²) in [6.07, 6.45) is 0. The molecule has 1 aromatic carbocycles. The molecular weight excluding hydrogens is 316 g/mol. The lowest BCUT2D eigenvalue weighted by Crippen LogP contribution is -2.18. The summed E-state index contributed by atoms with van der Waals surface area (Å²) in [5.41, 5.74) is 11.8. The molecule has 1 aliphatic heterocycles. The maximum Gasteiger partial charge on any atom is 0.0739 e. The van der Waals surface area contributed by atoms with E-state index in [0.717, 1.165) is 42.0 Å². The molecule has 3 rings (SSSR count). The van der Waals surface area contributed by atoms with Crippen molar-refractivity contribution in [3.8, 4) is 0 Å². The Morgan fingerprint density at radius 3 is 2.80 bits per heavy atom. The van der Waals surface area contributed by atoms with Gasteiger partial charge in [0.25, 0.3) is 0 Å². The average molecular weight is 335 g/mol. The third-order valence-electron chi connectivity index (χ3n) is 3.84. The van der Waals surface area contributed by atoms with Gasteiger partial charge in [0, 0.05) is 31.9 Å². The van der Waals surface area contributed by atoms with Crippen molar-refractivity contribution in [3.05, 3.63) is 45.2 Å². The third kappa shape index (κ3) is 2.36. The van der Waals surface area contributed by atoms with E-state index < -0.39 is 0 Å². The molecule has 20 heavy (non-hydrogen) atoms. The van der Waals surface area contributed by atoms with Gasteiger partial charge in [-0.05, 0) is 53.0 Å². The monoisotopic (exact) mass is 334 g/mol. The fraction of sp³-hybridized carbons (Fsp3) is 0.400. The normalized spacial score (nSPS) is 14.8. The first kappa shape index (κ1) is 13.6. The molecule has 0 atom stereocenters. The van der Waals surface area contributed by atoms with E-state index in [9.17, 15) is 0 Å². The fourth-order valence-electron chi connectivity index (χ4n) is 2.83. The summed E-state index contributed by atoms with van der Waals surface area (Å²) in [5, 5.41) is 4.56. The molecule has 0 fully saturated rings. The summed E-state index contributed by atoms with van der Waals surface area (Å²) < 4.78 is 3.21. The van der Waals surface area contributed by atoms with Gasteiger partial charge in [0.1, 0.15) is 0 Å². The van der Waals surface area contributed by atoms with E-state index in [1.807, 2.05) is 13.0 Å². The van der Waals surface area contributed by atoms with E-state index in [2.05, 4.69) is 49.7 Å². The van der Waals surface area contributed by atoms with Gasteiger partial charge in [-0.2, -0.15) is 5.10 Å². The van der Waals surface area contributed by atoms with E-state index in [1.54, 1.807) is 0 Å². The van der Waals surface area contributed by atoms with Crippen LogP contribution in [0.3, 0.4) is 0 Å². The highest BCUT2D eigenvalue weighted by Crippen LogP contribution is 2.29. The maximum atomic E-state index is 5.86. The van der Waals surface area contributed by atoms with Crippen molar-refractivity contribution >= 4 is 21.6 Å². The topological polar surface area (TPSA) is 47.1 Å². The number of hydrogen-bond acceptors (Lipinski definition) is 3. The molecule has 5 heteroatoms. The van der Waals surface area contributed by atoms with E-state index in [4.69, 9.17) is 5.73 Å². The second-order valence-corrected chi connectivity index (χ2v) is 6.13. The number of fused-ring (bicyclic) bond motifs is 1. The Labute approximate surface area is 127 Å². The van der Waals surface area contributed by atoms with Crippen LogP contribution in [0.1, 0.15) is 29.4 Å². The lowest BCUT2D eigenvalue weighted by molar-refractivity contribution is 0.265. The number of halogens is 1. The molecule has 0 saturated carbocycles. The van der Waals surface area contributed by atoms with Crippen LogP contribution in [0.5, 0.6) is 0 Å². The fourth-order valence-corrected chi connectivity index (χ4v) is 3.24. The van der Waals surface area contributed by atoms with Crippen molar-refractivity contribution in [3.63, 3.8) is 0 Å². The van der Waals surface area contributed by atoms with Gasteiger partial charge >= 0.3 is 0 Å². The zero-order valence-corrected chi connectivity index (χ0v) is 13.4. The van der Waals surface area contributed by atoms with Crippen LogP contribution in [0, 0.1) is 6.92 Å². The SMILES string of the molecule is CCn1nc(C)c(Br)c1CN1Cc2ccc(N)cc2C1. The Morgan fingerprint density at radius 1 is 1.30 bits per heavy atom. The van der Waals surface area contributed by atoms with Crippen LogP contribution in [0.15, 0.2) is 22.7 Å². The maximum absolute atomic E-state index is 5.86. The Kier molecular flexibility index (Phi) is 3.56. The first-order chi connectivity index (χ1) is 9.58. The van der Waals surface area contributed by atoms with Crippen LogP contribution < -0.4 is 5.73 Å². The first-order valence-corrected chi connectivity index (χ1v) is 7.69. The van der Waals surface area contributed by atoms with Crippen LogP contribution in [-0.4, -0.2) is 14.7 Å². The van der Waals surface area contributed by atoms with Gasteiger partial charge in [0.05, 0.1) is 15.9 Å². The molecule has 0 aliphatic carbocycles. The zero-order chi connectivity index (χ0) is 14.3. The lowest BCUT2D eigenvalue weighted by atomic mass is 10.1. The van der Waals surface area contributed by atoms with Crippen LogP contribution in [0.4, 0.5) is 5.69 Å². The van der Waals surface area contributed by atoms with E-state index in [1.165, 1.54) is 16.8 Å². The molecule has 1 aromatic heterocycles. The molecule has 0 amide bonds. The second-order valence-electron chi connectivity index (χ2n) is 5.34. The van der Waals surface area contributed by atoms with Gasteiger partial charge in [-0.1, -0.05) is 6.07 Å². The van der Waals surface area contributed by atoms with Crippen molar-refractivity contribution in [1.29, 1.82) is 0 Å². The number of aryl methyl sites for hydroxylation is 2. The number of nitrogens with zero attached hydrogens (tertiary/aromatic N) is 3. The number of nitrogen functional groups attached to an aromatic ring is 1. The van der Waals surface area contributed by atoms with Crippen LogP contribution in [0.2, 0.25) is 0 Å². The Balaban J connectivity index is 1.81. The third-order valence-corrected chi connectivity index (χ3v) is 4.88. The largest absolute Gasteiger partial charge is 0.399 e. The smallest absolute Gasteiger partial charge is 0.0739 e. The summed E-state index contributed by atoms with van der Waals surface area (Å²) in [5.74, 6) is 0. The summed E-state index contributed by atoms with van der Waals surface area (Å²) in [7, 11) is 0. The molecule has 0 saturated heterocycles. The van der Waals surface area contributed by atoms with Gasteiger partial charge < -0.3 is 5.73 Å². The summed E-state index contributed by atoms with van der Waals surface area (Å²) >= 11 is 3.67. The van der Waals surface area contributed by atoms with Gasteiger partial charge in [-0.3, -0.25) is 9.58 Å². The first-order valence-electron chi connectivity index (χ1n) is 6.90. The van der Waals surface area contributed by atoms with Crippen molar-refractivity contribution in [2.45, 2.75) is 40.0 Å². The second kappa shape index (κ2) is 5.22. The van der Waals surface area contributed by atoms with Gasteiger partial charge in [-0.15, -0.1) is 0 Å². The molecule has 0 unspecified atom stereocenters. The summed E-state index contributed by atoms with van der Waals surface area (Å²) in [6, 6.07) is 6.22. The molecule has 106 valence electrons. The van der Waals surface area contributed by atoms with Crippen molar-refractivity contribution in [2.75, 3.05) is 5.73 Å². The molecule has 4 nitrogen and oxygen atoms in total. The number of aromatic nitrogens is 2. The minimum Gasteiger partial charge on any atom is -0.399 e. The van der Waals surface area contributed by atoms with Gasteiger partial charge in [0.15, 0.2) is 0 Å². The standard InChI is InChI=1S/C15H19BrN4/c1-3-20-14(15(16)10(2)18-20)9-19-7-11-4-5-13(17)6-12(11)8-19/h4-6H,3,7-9,17H2,1-2H3. The Morgan fingerprint density at radius 2 is 2.05 bits per heavy atom. The number of benzene rings is 1. The molecule has 2 heterocycles. The van der Waals surface area contributed by atoms with Gasteiger partial charge in [0.2, 0.25) is 0 Å².